The van der Waals surface area contributed by atoms with E-state index >= 15 is 0 Å². The molecule has 2 heterocycles. The normalized spacial score (nSPS) is 11.7. The Morgan fingerprint density at radius 1 is 1.10 bits per heavy atom. The maximum Gasteiger partial charge on any atom is 0.220 e. The van der Waals surface area contributed by atoms with Gasteiger partial charge in [0.15, 0.2) is 0 Å². The fraction of sp³-hybridized carbons (Fsp3) is 0.160. The highest BCUT2D eigenvalue weighted by atomic mass is 35.5. The number of carbonyl (C=O) groups is 1. The molecule has 0 aliphatic rings. The number of carbonyl (C=O) groups excluding carboxylic acids is 1. The monoisotopic (exact) mass is 428 g/mol. The molecule has 31 heavy (non-hydrogen) atoms. The lowest BCUT2D eigenvalue weighted by Gasteiger charge is -2.19. The van der Waals surface area contributed by atoms with Crippen molar-refractivity contribution >= 4 is 28.4 Å². The van der Waals surface area contributed by atoms with Gasteiger partial charge in [0.25, 0.3) is 0 Å². The SMILES string of the molecule is N#Cc1cccc([C@@H](CC(=O)NCCc2ccccn2)c2c[nH]c3ccccc23)c1Cl. The zero-order chi connectivity index (χ0) is 21.6. The summed E-state index contributed by atoms with van der Waals surface area (Å²) in [5.41, 5.74) is 4.07. The highest BCUT2D eigenvalue weighted by molar-refractivity contribution is 6.32. The van der Waals surface area contributed by atoms with Gasteiger partial charge in [-0.15, -0.1) is 0 Å². The molecular weight excluding hydrogens is 408 g/mol. The summed E-state index contributed by atoms with van der Waals surface area (Å²) < 4.78 is 0. The average Bonchev–Trinajstić information content (AvgIpc) is 3.23. The van der Waals surface area contributed by atoms with Crippen LogP contribution >= 0.6 is 11.6 Å². The van der Waals surface area contributed by atoms with Gasteiger partial charge in [0, 0.05) is 54.3 Å². The maximum absolute atomic E-state index is 12.9. The van der Waals surface area contributed by atoms with Gasteiger partial charge < -0.3 is 10.3 Å². The number of nitrogens with zero attached hydrogens (tertiary/aromatic N) is 2. The van der Waals surface area contributed by atoms with Crippen LogP contribution in [0.25, 0.3) is 10.9 Å². The molecule has 0 spiro atoms. The van der Waals surface area contributed by atoms with Crippen LogP contribution in [0.15, 0.2) is 73.1 Å². The predicted octanol–water partition coefficient (Wildman–Crippen LogP) is 4.97. The lowest BCUT2D eigenvalue weighted by molar-refractivity contribution is -0.121. The summed E-state index contributed by atoms with van der Waals surface area (Å²) in [6.07, 6.45) is 4.55. The number of pyridine rings is 1. The van der Waals surface area contributed by atoms with Crippen molar-refractivity contribution < 1.29 is 4.79 Å². The van der Waals surface area contributed by atoms with Crippen molar-refractivity contribution in [2.45, 2.75) is 18.8 Å². The first-order valence-corrected chi connectivity index (χ1v) is 10.5. The standard InChI is InChI=1S/C25H21ClN4O/c26-25-17(15-27)6-5-9-20(25)21(22-16-30-23-10-2-1-8-19(22)23)14-24(31)29-13-11-18-7-3-4-12-28-18/h1-10,12,16,21,30H,11,13-14H2,(H,29,31)/t21-/m1/s1. The van der Waals surface area contributed by atoms with E-state index in [2.05, 4.69) is 21.4 Å². The molecule has 154 valence electrons. The summed E-state index contributed by atoms with van der Waals surface area (Å²) in [7, 11) is 0. The van der Waals surface area contributed by atoms with Gasteiger partial charge in [-0.3, -0.25) is 9.78 Å². The number of benzene rings is 2. The third-order valence-corrected chi connectivity index (χ3v) is 5.76. The van der Waals surface area contributed by atoms with E-state index < -0.39 is 0 Å². The molecule has 0 aliphatic carbocycles. The number of H-pyrrole nitrogens is 1. The van der Waals surface area contributed by atoms with E-state index in [0.29, 0.717) is 23.6 Å². The number of amides is 1. The molecule has 0 radical (unpaired) electrons. The number of nitrogens with one attached hydrogen (secondary N) is 2. The second-order valence-electron chi connectivity index (χ2n) is 7.29. The van der Waals surface area contributed by atoms with E-state index in [4.69, 9.17) is 11.6 Å². The molecular formula is C25H21ClN4O. The van der Waals surface area contributed by atoms with Crippen LogP contribution in [-0.2, 0) is 11.2 Å². The zero-order valence-corrected chi connectivity index (χ0v) is 17.6. The van der Waals surface area contributed by atoms with E-state index in [-0.39, 0.29) is 18.2 Å². The van der Waals surface area contributed by atoms with Crippen molar-refractivity contribution in [1.29, 1.82) is 5.26 Å². The second kappa shape index (κ2) is 9.46. The molecule has 1 amide bonds. The summed E-state index contributed by atoms with van der Waals surface area (Å²) in [5, 5.41) is 13.8. The summed E-state index contributed by atoms with van der Waals surface area (Å²) in [6.45, 7) is 0.502. The van der Waals surface area contributed by atoms with Crippen LogP contribution in [0, 0.1) is 11.3 Å². The number of halogens is 1. The van der Waals surface area contributed by atoms with Crippen LogP contribution in [0.5, 0.6) is 0 Å². The molecule has 4 rings (SSSR count). The van der Waals surface area contributed by atoms with Gasteiger partial charge in [-0.1, -0.05) is 48.0 Å². The highest BCUT2D eigenvalue weighted by Crippen LogP contribution is 2.37. The summed E-state index contributed by atoms with van der Waals surface area (Å²) in [4.78, 5) is 20.4. The number of fused-ring (bicyclic) bond motifs is 1. The second-order valence-corrected chi connectivity index (χ2v) is 7.67. The Kier molecular flexibility index (Phi) is 6.30. The lowest BCUT2D eigenvalue weighted by atomic mass is 9.87. The molecule has 0 saturated heterocycles. The van der Waals surface area contributed by atoms with Gasteiger partial charge in [-0.05, 0) is 35.4 Å². The predicted molar refractivity (Wildman–Crippen MR) is 122 cm³/mol. The fourth-order valence-corrected chi connectivity index (χ4v) is 4.11. The average molecular weight is 429 g/mol. The summed E-state index contributed by atoms with van der Waals surface area (Å²) in [5.74, 6) is -0.364. The Balaban J connectivity index is 1.60. The Morgan fingerprint density at radius 2 is 1.94 bits per heavy atom. The van der Waals surface area contributed by atoms with Gasteiger partial charge in [-0.25, -0.2) is 0 Å². The molecule has 2 aromatic heterocycles. The van der Waals surface area contributed by atoms with Crippen LogP contribution in [0.4, 0.5) is 0 Å². The number of aromatic amines is 1. The van der Waals surface area contributed by atoms with Crippen LogP contribution in [0.1, 0.15) is 34.7 Å². The Hall–Kier alpha value is -3.62. The maximum atomic E-state index is 12.9. The molecule has 0 unspecified atom stereocenters. The number of hydrogen-bond acceptors (Lipinski definition) is 3. The lowest BCUT2D eigenvalue weighted by Crippen LogP contribution is -2.27. The van der Waals surface area contributed by atoms with Gasteiger partial charge in [-0.2, -0.15) is 5.26 Å². The third-order valence-electron chi connectivity index (χ3n) is 5.34. The molecule has 0 saturated carbocycles. The topological polar surface area (TPSA) is 81.6 Å². The van der Waals surface area contributed by atoms with Gasteiger partial charge >= 0.3 is 0 Å². The quantitative estimate of drug-likeness (QED) is 0.436. The zero-order valence-electron chi connectivity index (χ0n) is 16.8. The minimum absolute atomic E-state index is 0.0790. The molecule has 6 heteroatoms. The number of para-hydroxylation sites is 1. The molecule has 0 aliphatic heterocycles. The molecule has 2 N–H and O–H groups in total. The van der Waals surface area contributed by atoms with E-state index in [1.54, 1.807) is 18.3 Å². The molecule has 5 nitrogen and oxygen atoms in total. The van der Waals surface area contributed by atoms with Crippen molar-refractivity contribution in [2.24, 2.45) is 0 Å². The largest absolute Gasteiger partial charge is 0.361 e. The van der Waals surface area contributed by atoms with Crippen molar-refractivity contribution in [3.8, 4) is 6.07 Å². The van der Waals surface area contributed by atoms with Crippen LogP contribution in [0.2, 0.25) is 5.02 Å². The van der Waals surface area contributed by atoms with E-state index in [9.17, 15) is 10.1 Å². The minimum atomic E-state index is -0.285. The van der Waals surface area contributed by atoms with E-state index in [0.717, 1.165) is 27.7 Å². The number of rotatable bonds is 7. The van der Waals surface area contributed by atoms with Crippen molar-refractivity contribution in [1.82, 2.24) is 15.3 Å². The van der Waals surface area contributed by atoms with Crippen molar-refractivity contribution in [2.75, 3.05) is 6.54 Å². The van der Waals surface area contributed by atoms with Gasteiger partial charge in [0.1, 0.15) is 6.07 Å². The van der Waals surface area contributed by atoms with Gasteiger partial charge in [0.2, 0.25) is 5.91 Å². The van der Waals surface area contributed by atoms with E-state index in [1.807, 2.05) is 54.7 Å². The molecule has 0 fully saturated rings. The first-order valence-electron chi connectivity index (χ1n) is 10.1. The molecule has 4 aromatic rings. The third kappa shape index (κ3) is 4.60. The number of nitriles is 1. The Morgan fingerprint density at radius 3 is 2.74 bits per heavy atom. The van der Waals surface area contributed by atoms with Crippen LogP contribution in [-0.4, -0.2) is 22.4 Å². The van der Waals surface area contributed by atoms with Gasteiger partial charge in [0.05, 0.1) is 10.6 Å². The number of hydrogen-bond donors (Lipinski definition) is 2. The molecule has 0 bridgehead atoms. The summed E-state index contributed by atoms with van der Waals surface area (Å²) >= 11 is 6.57. The number of aromatic nitrogens is 2. The van der Waals surface area contributed by atoms with Crippen molar-refractivity contribution in [3.63, 3.8) is 0 Å². The highest BCUT2D eigenvalue weighted by Gasteiger charge is 2.24. The van der Waals surface area contributed by atoms with E-state index in [1.165, 1.54) is 0 Å². The smallest absolute Gasteiger partial charge is 0.220 e. The molecule has 1 atom stereocenters. The first kappa shape index (κ1) is 20.6. The Bertz CT molecular complexity index is 1240. The summed E-state index contributed by atoms with van der Waals surface area (Å²) in [6, 6.07) is 21.2. The minimum Gasteiger partial charge on any atom is -0.361 e. The van der Waals surface area contributed by atoms with Crippen LogP contribution < -0.4 is 5.32 Å². The molecule has 2 aromatic carbocycles. The fourth-order valence-electron chi connectivity index (χ4n) is 3.81. The first-order chi connectivity index (χ1) is 15.2. The Labute approximate surface area is 185 Å². The van der Waals surface area contributed by atoms with Crippen LogP contribution in [0.3, 0.4) is 0 Å². The van der Waals surface area contributed by atoms with Crippen molar-refractivity contribution in [3.05, 3.63) is 100 Å².